The Morgan fingerprint density at radius 3 is 2.75 bits per heavy atom. The van der Waals surface area contributed by atoms with E-state index in [1.165, 1.54) is 23.3 Å². The van der Waals surface area contributed by atoms with Gasteiger partial charge in [-0.25, -0.2) is 4.39 Å². The Hall–Kier alpha value is -3.41. The zero-order chi connectivity index (χ0) is 31.5. The molecule has 1 aliphatic heterocycles. The van der Waals surface area contributed by atoms with Crippen LogP contribution in [0.25, 0.3) is 0 Å². The molecule has 0 saturated heterocycles. The molecule has 1 saturated carbocycles. The molecule has 3 N–H and O–H groups in total. The first-order valence-corrected chi connectivity index (χ1v) is 16.2. The van der Waals surface area contributed by atoms with E-state index in [0.29, 0.717) is 37.4 Å². The number of hydrogen-bond acceptors (Lipinski definition) is 5. The summed E-state index contributed by atoms with van der Waals surface area (Å²) in [6.45, 7) is 6.04. The number of nitrogens with one attached hydrogen (secondary N) is 2. The fourth-order valence-corrected chi connectivity index (χ4v) is 6.03. The van der Waals surface area contributed by atoms with E-state index < -0.39 is 23.9 Å². The van der Waals surface area contributed by atoms with Crippen LogP contribution < -0.4 is 15.4 Å². The van der Waals surface area contributed by atoms with Gasteiger partial charge in [-0.2, -0.15) is 0 Å². The van der Waals surface area contributed by atoms with E-state index >= 15 is 0 Å². The molecular weight excluding hydrogens is 557 g/mol. The molecule has 2 aromatic carbocycles. The topological polar surface area (TPSA) is 90.9 Å². The predicted octanol–water partition coefficient (Wildman–Crippen LogP) is 4.89. The van der Waals surface area contributed by atoms with Gasteiger partial charge in [0.1, 0.15) is 11.6 Å². The third-order valence-electron chi connectivity index (χ3n) is 8.85. The highest BCUT2D eigenvalue weighted by molar-refractivity contribution is 5.81. The number of terminal acetylenes is 1. The van der Waals surface area contributed by atoms with Gasteiger partial charge in [0, 0.05) is 50.0 Å². The van der Waals surface area contributed by atoms with Crippen LogP contribution in [0.4, 0.5) is 4.39 Å². The number of benzene rings is 2. The summed E-state index contributed by atoms with van der Waals surface area (Å²) < 4.78 is 20.6. The Kier molecular flexibility index (Phi) is 12.2. The maximum Gasteiger partial charge on any atom is 0.224 e. The first kappa shape index (κ1) is 33.5. The minimum absolute atomic E-state index is 0.00305. The fraction of sp³-hybridized carbons (Fsp3) is 0.556. The Bertz CT molecular complexity index is 1300. The van der Waals surface area contributed by atoms with E-state index in [0.717, 1.165) is 38.5 Å². The highest BCUT2D eigenvalue weighted by Gasteiger charge is 2.44. The Labute approximate surface area is 261 Å². The quantitative estimate of drug-likeness (QED) is 0.355. The molecule has 2 bridgehead atoms. The van der Waals surface area contributed by atoms with E-state index in [2.05, 4.69) is 47.7 Å². The van der Waals surface area contributed by atoms with Gasteiger partial charge in [0.2, 0.25) is 11.8 Å². The minimum Gasteiger partial charge on any atom is -0.493 e. The summed E-state index contributed by atoms with van der Waals surface area (Å²) in [7, 11) is 0. The number of rotatable bonds is 9. The van der Waals surface area contributed by atoms with Crippen LogP contribution in [0.1, 0.15) is 81.9 Å². The van der Waals surface area contributed by atoms with Gasteiger partial charge in [0.25, 0.3) is 0 Å². The molecule has 2 aliphatic rings. The molecule has 2 amide bonds. The number of aryl methyl sites for hydroxylation is 1. The average molecular weight is 606 g/mol. The largest absolute Gasteiger partial charge is 0.493 e. The predicted molar refractivity (Wildman–Crippen MR) is 171 cm³/mol. The Balaban J connectivity index is 1.56. The SMILES string of the molecule is C#CCC1CCC(=O)N(CCC)CCCCOc2cc(F)cc(c2)CC(C(O)CNC2(c3cccc(CC)c3)CC2)NC1=O. The molecule has 44 heavy (non-hydrogen) atoms. The van der Waals surface area contributed by atoms with Crippen molar-refractivity contribution in [1.29, 1.82) is 0 Å². The van der Waals surface area contributed by atoms with Crippen LogP contribution in [0.3, 0.4) is 0 Å². The first-order chi connectivity index (χ1) is 21.3. The van der Waals surface area contributed by atoms with Crippen LogP contribution in [-0.2, 0) is 28.0 Å². The summed E-state index contributed by atoms with van der Waals surface area (Å²) in [4.78, 5) is 28.6. The first-order valence-electron chi connectivity index (χ1n) is 16.2. The summed E-state index contributed by atoms with van der Waals surface area (Å²) in [6, 6.07) is 12.3. The number of fused-ring (bicyclic) bond motifs is 2. The number of aliphatic hydroxyl groups excluding tert-OH is 1. The van der Waals surface area contributed by atoms with Crippen LogP contribution in [0.5, 0.6) is 5.75 Å². The number of nitrogens with zero attached hydrogens (tertiary/aromatic N) is 1. The molecule has 0 radical (unpaired) electrons. The van der Waals surface area contributed by atoms with Crippen LogP contribution in [0.15, 0.2) is 42.5 Å². The van der Waals surface area contributed by atoms with Gasteiger partial charge in [-0.15, -0.1) is 12.3 Å². The summed E-state index contributed by atoms with van der Waals surface area (Å²) in [5, 5.41) is 18.1. The van der Waals surface area contributed by atoms with Gasteiger partial charge in [-0.3, -0.25) is 9.59 Å². The van der Waals surface area contributed by atoms with Crippen molar-refractivity contribution in [2.24, 2.45) is 5.92 Å². The normalized spacial score (nSPS) is 21.8. The van der Waals surface area contributed by atoms with Crippen molar-refractivity contribution in [2.45, 2.75) is 95.7 Å². The maximum atomic E-state index is 14.7. The second-order valence-corrected chi connectivity index (χ2v) is 12.3. The van der Waals surface area contributed by atoms with E-state index in [1.807, 2.05) is 11.8 Å². The van der Waals surface area contributed by atoms with E-state index in [-0.39, 0.29) is 43.2 Å². The van der Waals surface area contributed by atoms with E-state index in [1.54, 1.807) is 6.07 Å². The molecule has 1 aliphatic carbocycles. The van der Waals surface area contributed by atoms with Crippen molar-refractivity contribution in [2.75, 3.05) is 26.2 Å². The number of carbonyl (C=O) groups is 2. The van der Waals surface area contributed by atoms with E-state index in [9.17, 15) is 19.1 Å². The van der Waals surface area contributed by atoms with Crippen LogP contribution in [-0.4, -0.2) is 60.2 Å². The third-order valence-corrected chi connectivity index (χ3v) is 8.85. The number of amides is 2. The number of ether oxygens (including phenoxy) is 1. The van der Waals surface area contributed by atoms with Gasteiger partial charge < -0.3 is 25.4 Å². The lowest BCUT2D eigenvalue weighted by atomic mass is 9.95. The van der Waals surface area contributed by atoms with Crippen molar-refractivity contribution in [3.63, 3.8) is 0 Å². The van der Waals surface area contributed by atoms with Crippen molar-refractivity contribution in [3.05, 3.63) is 65.0 Å². The molecule has 8 heteroatoms. The lowest BCUT2D eigenvalue weighted by Gasteiger charge is -2.29. The number of aliphatic hydroxyl groups is 1. The van der Waals surface area contributed by atoms with Crippen molar-refractivity contribution in [3.8, 4) is 18.1 Å². The summed E-state index contributed by atoms with van der Waals surface area (Å²) >= 11 is 0. The van der Waals surface area contributed by atoms with Crippen LogP contribution in [0, 0.1) is 24.1 Å². The number of hydrogen-bond donors (Lipinski definition) is 3. The highest BCUT2D eigenvalue weighted by atomic mass is 19.1. The number of carbonyl (C=O) groups excluding carboxylic acids is 2. The van der Waals surface area contributed by atoms with Crippen molar-refractivity contribution < 1.29 is 23.8 Å². The van der Waals surface area contributed by atoms with Gasteiger partial charge in [-0.05, 0) is 80.2 Å². The molecule has 1 heterocycles. The molecule has 1 fully saturated rings. The van der Waals surface area contributed by atoms with Gasteiger partial charge in [0.15, 0.2) is 0 Å². The molecule has 7 nitrogen and oxygen atoms in total. The van der Waals surface area contributed by atoms with Gasteiger partial charge in [-0.1, -0.05) is 38.1 Å². The van der Waals surface area contributed by atoms with Gasteiger partial charge >= 0.3 is 0 Å². The molecule has 4 rings (SSSR count). The fourth-order valence-electron chi connectivity index (χ4n) is 6.03. The van der Waals surface area contributed by atoms with Crippen LogP contribution >= 0.6 is 0 Å². The average Bonchev–Trinajstić information content (AvgIpc) is 3.81. The monoisotopic (exact) mass is 605 g/mol. The molecule has 2 aromatic rings. The molecule has 0 aromatic heterocycles. The second kappa shape index (κ2) is 16.1. The summed E-state index contributed by atoms with van der Waals surface area (Å²) in [6.07, 6.45) is 10.8. The lowest BCUT2D eigenvalue weighted by molar-refractivity contribution is -0.132. The molecule has 3 atom stereocenters. The van der Waals surface area contributed by atoms with Crippen molar-refractivity contribution in [1.82, 2.24) is 15.5 Å². The summed E-state index contributed by atoms with van der Waals surface area (Å²) in [5.74, 6) is 1.67. The van der Waals surface area contributed by atoms with E-state index in [4.69, 9.17) is 11.2 Å². The Morgan fingerprint density at radius 2 is 2.02 bits per heavy atom. The molecule has 0 spiro atoms. The Morgan fingerprint density at radius 1 is 1.20 bits per heavy atom. The van der Waals surface area contributed by atoms with Crippen LogP contribution in [0.2, 0.25) is 0 Å². The standard InChI is InChI=1S/C36H48FN3O4/c1-4-10-28-13-14-34(42)40(17-5-2)18-7-8-19-44-31-22-27(21-30(37)24-31)23-32(39-35(28)43)33(41)25-38-36(15-16-36)29-12-9-11-26(6-3)20-29/h1,9,11-12,20-22,24,28,32-33,38,41H,5-8,10,13-19,23,25H2,2-3H3,(H,39,43). The maximum absolute atomic E-state index is 14.7. The highest BCUT2D eigenvalue weighted by Crippen LogP contribution is 2.45. The number of halogens is 1. The zero-order valence-corrected chi connectivity index (χ0v) is 26.2. The smallest absolute Gasteiger partial charge is 0.224 e. The van der Waals surface area contributed by atoms with Crippen molar-refractivity contribution >= 4 is 11.8 Å². The summed E-state index contributed by atoms with van der Waals surface area (Å²) in [5.41, 5.74) is 2.87. The lowest BCUT2D eigenvalue weighted by Crippen LogP contribution is -2.51. The molecule has 3 unspecified atom stereocenters. The molecular formula is C36H48FN3O4. The third kappa shape index (κ3) is 9.30. The second-order valence-electron chi connectivity index (χ2n) is 12.3. The molecule has 238 valence electrons. The minimum atomic E-state index is -0.964. The van der Waals surface area contributed by atoms with Gasteiger partial charge in [0.05, 0.1) is 18.8 Å². The zero-order valence-electron chi connectivity index (χ0n) is 26.2.